The molecular formula is C13H18N2O3. The maximum absolute atomic E-state index is 11.7. The van der Waals surface area contributed by atoms with Crippen molar-refractivity contribution in [3.63, 3.8) is 0 Å². The summed E-state index contributed by atoms with van der Waals surface area (Å²) in [5, 5.41) is 0. The van der Waals surface area contributed by atoms with Crippen molar-refractivity contribution in [1.82, 2.24) is 10.9 Å². The normalized spacial score (nSPS) is 10.0. The third-order valence-corrected chi connectivity index (χ3v) is 2.26. The first kappa shape index (κ1) is 14.0. The Morgan fingerprint density at radius 3 is 2.28 bits per heavy atom. The minimum Gasteiger partial charge on any atom is -0.497 e. The van der Waals surface area contributed by atoms with E-state index in [0.29, 0.717) is 17.7 Å². The van der Waals surface area contributed by atoms with Gasteiger partial charge < -0.3 is 4.74 Å². The summed E-state index contributed by atoms with van der Waals surface area (Å²) in [6.07, 6.45) is 0.378. The van der Waals surface area contributed by atoms with Crippen LogP contribution in [0.25, 0.3) is 0 Å². The predicted molar refractivity (Wildman–Crippen MR) is 68.1 cm³/mol. The van der Waals surface area contributed by atoms with Gasteiger partial charge in [0, 0.05) is 12.0 Å². The standard InChI is InChI=1S/C13H18N2O3/c1-9(2)8-12(16)14-15-13(17)10-4-6-11(18-3)7-5-10/h4-7,9H,8H2,1-3H3,(H,14,16)(H,15,17). The van der Waals surface area contributed by atoms with Crippen molar-refractivity contribution in [1.29, 1.82) is 0 Å². The molecule has 0 aliphatic heterocycles. The Labute approximate surface area is 106 Å². The number of carbonyl (C=O) groups is 2. The second-order valence-electron chi connectivity index (χ2n) is 4.33. The predicted octanol–water partition coefficient (Wildman–Crippen LogP) is 1.50. The Morgan fingerprint density at radius 1 is 1.17 bits per heavy atom. The maximum atomic E-state index is 11.7. The molecule has 0 saturated carbocycles. The first-order chi connectivity index (χ1) is 8.52. The van der Waals surface area contributed by atoms with Gasteiger partial charge in [-0.15, -0.1) is 0 Å². The van der Waals surface area contributed by atoms with Gasteiger partial charge >= 0.3 is 0 Å². The van der Waals surface area contributed by atoms with Gasteiger partial charge in [0.2, 0.25) is 5.91 Å². The number of carbonyl (C=O) groups excluding carboxylic acids is 2. The summed E-state index contributed by atoms with van der Waals surface area (Å²) in [5.41, 5.74) is 5.19. The van der Waals surface area contributed by atoms with Gasteiger partial charge in [0.05, 0.1) is 7.11 Å². The van der Waals surface area contributed by atoms with Crippen LogP contribution in [0.2, 0.25) is 0 Å². The minimum absolute atomic E-state index is 0.202. The molecule has 5 heteroatoms. The third-order valence-electron chi connectivity index (χ3n) is 2.26. The van der Waals surface area contributed by atoms with Crippen molar-refractivity contribution in [3.05, 3.63) is 29.8 Å². The van der Waals surface area contributed by atoms with E-state index in [1.54, 1.807) is 31.4 Å². The lowest BCUT2D eigenvalue weighted by Crippen LogP contribution is -2.41. The summed E-state index contributed by atoms with van der Waals surface area (Å²) < 4.78 is 4.99. The molecule has 0 atom stereocenters. The number of hydrazine groups is 1. The van der Waals surface area contributed by atoms with Crippen LogP contribution in [0.5, 0.6) is 5.75 Å². The van der Waals surface area contributed by atoms with Gasteiger partial charge in [-0.05, 0) is 30.2 Å². The van der Waals surface area contributed by atoms with Gasteiger partial charge in [-0.1, -0.05) is 13.8 Å². The number of rotatable bonds is 4. The Hall–Kier alpha value is -2.04. The molecular weight excluding hydrogens is 232 g/mol. The number of amides is 2. The van der Waals surface area contributed by atoms with Crippen molar-refractivity contribution < 1.29 is 14.3 Å². The third kappa shape index (κ3) is 4.45. The van der Waals surface area contributed by atoms with Crippen LogP contribution in [0.4, 0.5) is 0 Å². The van der Waals surface area contributed by atoms with E-state index in [1.165, 1.54) is 0 Å². The van der Waals surface area contributed by atoms with Crippen molar-refractivity contribution in [2.45, 2.75) is 20.3 Å². The Bertz CT molecular complexity index is 413. The van der Waals surface area contributed by atoms with E-state index in [0.717, 1.165) is 0 Å². The van der Waals surface area contributed by atoms with Gasteiger partial charge in [-0.3, -0.25) is 20.4 Å². The zero-order chi connectivity index (χ0) is 13.5. The summed E-state index contributed by atoms with van der Waals surface area (Å²) in [6.45, 7) is 3.87. The molecule has 0 unspecified atom stereocenters. The molecule has 0 bridgehead atoms. The monoisotopic (exact) mass is 250 g/mol. The fourth-order valence-electron chi connectivity index (χ4n) is 1.36. The topological polar surface area (TPSA) is 67.4 Å². The van der Waals surface area contributed by atoms with Crippen LogP contribution in [-0.2, 0) is 4.79 Å². The van der Waals surface area contributed by atoms with E-state index in [2.05, 4.69) is 10.9 Å². The maximum Gasteiger partial charge on any atom is 0.269 e. The molecule has 0 aliphatic carbocycles. The summed E-state index contributed by atoms with van der Waals surface area (Å²) in [5.74, 6) is 0.375. The molecule has 0 saturated heterocycles. The molecule has 18 heavy (non-hydrogen) atoms. The van der Waals surface area contributed by atoms with Crippen LogP contribution in [0, 0.1) is 5.92 Å². The molecule has 0 spiro atoms. The lowest BCUT2D eigenvalue weighted by Gasteiger charge is -2.09. The quantitative estimate of drug-likeness (QED) is 0.796. The second kappa shape index (κ2) is 6.64. The van der Waals surface area contributed by atoms with Crippen LogP contribution in [0.1, 0.15) is 30.6 Å². The molecule has 1 rings (SSSR count). The number of ether oxygens (including phenoxy) is 1. The van der Waals surface area contributed by atoms with Crippen LogP contribution in [0.15, 0.2) is 24.3 Å². The largest absolute Gasteiger partial charge is 0.497 e. The Morgan fingerprint density at radius 2 is 1.78 bits per heavy atom. The van der Waals surface area contributed by atoms with Crippen LogP contribution >= 0.6 is 0 Å². The molecule has 0 aromatic heterocycles. The zero-order valence-electron chi connectivity index (χ0n) is 10.8. The van der Waals surface area contributed by atoms with Gasteiger partial charge in [-0.25, -0.2) is 0 Å². The van der Waals surface area contributed by atoms with E-state index >= 15 is 0 Å². The molecule has 0 aliphatic rings. The number of methoxy groups -OCH3 is 1. The van der Waals surface area contributed by atoms with Gasteiger partial charge in [0.15, 0.2) is 0 Å². The lowest BCUT2D eigenvalue weighted by molar-refractivity contribution is -0.122. The van der Waals surface area contributed by atoms with E-state index in [4.69, 9.17) is 4.74 Å². The smallest absolute Gasteiger partial charge is 0.269 e. The fraction of sp³-hybridized carbons (Fsp3) is 0.385. The average Bonchev–Trinajstić information content (AvgIpc) is 2.35. The van der Waals surface area contributed by atoms with Crippen molar-refractivity contribution in [3.8, 4) is 5.75 Å². The first-order valence-corrected chi connectivity index (χ1v) is 5.76. The van der Waals surface area contributed by atoms with E-state index < -0.39 is 0 Å². The lowest BCUT2D eigenvalue weighted by atomic mass is 10.1. The van der Waals surface area contributed by atoms with Crippen molar-refractivity contribution in [2.75, 3.05) is 7.11 Å². The fourth-order valence-corrected chi connectivity index (χ4v) is 1.36. The highest BCUT2D eigenvalue weighted by molar-refractivity contribution is 5.95. The molecule has 0 heterocycles. The Balaban J connectivity index is 2.47. The van der Waals surface area contributed by atoms with Crippen LogP contribution < -0.4 is 15.6 Å². The summed E-state index contributed by atoms with van der Waals surface area (Å²) >= 11 is 0. The summed E-state index contributed by atoms with van der Waals surface area (Å²) in [4.78, 5) is 23.0. The van der Waals surface area contributed by atoms with Crippen molar-refractivity contribution in [2.24, 2.45) is 5.92 Å². The van der Waals surface area contributed by atoms with E-state index in [9.17, 15) is 9.59 Å². The molecule has 98 valence electrons. The summed E-state index contributed by atoms with van der Waals surface area (Å²) in [7, 11) is 1.56. The number of benzene rings is 1. The van der Waals surface area contributed by atoms with E-state index in [-0.39, 0.29) is 17.7 Å². The van der Waals surface area contributed by atoms with Crippen LogP contribution in [-0.4, -0.2) is 18.9 Å². The highest BCUT2D eigenvalue weighted by Gasteiger charge is 2.08. The number of nitrogens with one attached hydrogen (secondary N) is 2. The van der Waals surface area contributed by atoms with Crippen molar-refractivity contribution >= 4 is 11.8 Å². The van der Waals surface area contributed by atoms with E-state index in [1.807, 2.05) is 13.8 Å². The molecule has 2 N–H and O–H groups in total. The van der Waals surface area contributed by atoms with Crippen LogP contribution in [0.3, 0.4) is 0 Å². The van der Waals surface area contributed by atoms with Gasteiger partial charge in [0.1, 0.15) is 5.75 Å². The minimum atomic E-state index is -0.352. The summed E-state index contributed by atoms with van der Waals surface area (Å²) in [6, 6.07) is 6.63. The zero-order valence-corrected chi connectivity index (χ0v) is 10.8. The molecule has 0 fully saturated rings. The molecule has 1 aromatic carbocycles. The highest BCUT2D eigenvalue weighted by atomic mass is 16.5. The number of hydrogen-bond donors (Lipinski definition) is 2. The highest BCUT2D eigenvalue weighted by Crippen LogP contribution is 2.10. The molecule has 5 nitrogen and oxygen atoms in total. The SMILES string of the molecule is COc1ccc(C(=O)NNC(=O)CC(C)C)cc1. The average molecular weight is 250 g/mol. The van der Waals surface area contributed by atoms with Gasteiger partial charge in [-0.2, -0.15) is 0 Å². The molecule has 1 aromatic rings. The first-order valence-electron chi connectivity index (χ1n) is 5.76. The second-order valence-corrected chi connectivity index (χ2v) is 4.33. The Kier molecular flexibility index (Phi) is 5.17. The molecule has 2 amide bonds. The number of hydrogen-bond acceptors (Lipinski definition) is 3. The van der Waals surface area contributed by atoms with Gasteiger partial charge in [0.25, 0.3) is 5.91 Å². The molecule has 0 radical (unpaired) electrons.